The number of nitrogens with two attached hydrogens (primary N) is 1. The first kappa shape index (κ1) is 12.1. The number of primary amides is 1. The Balaban J connectivity index is 2.04. The van der Waals surface area contributed by atoms with Crippen molar-refractivity contribution in [3.05, 3.63) is 18.2 Å². The summed E-state index contributed by atoms with van der Waals surface area (Å²) in [6, 6.07) is 0. The largest absolute Gasteiger partial charge is 0.368 e. The molecule has 7 heteroatoms. The smallest absolute Gasteiger partial charge is 0.237 e. The fourth-order valence-electron chi connectivity index (χ4n) is 2.13. The van der Waals surface area contributed by atoms with Crippen molar-refractivity contribution in [1.29, 1.82) is 0 Å². The minimum atomic E-state index is -2.86. The van der Waals surface area contributed by atoms with Crippen molar-refractivity contribution in [2.45, 2.75) is 19.4 Å². The van der Waals surface area contributed by atoms with Crippen LogP contribution in [-0.2, 0) is 27.6 Å². The first-order valence-electron chi connectivity index (χ1n) is 5.45. The number of sulfone groups is 1. The molecule has 0 aliphatic carbocycles. The van der Waals surface area contributed by atoms with Crippen LogP contribution < -0.4 is 5.73 Å². The van der Waals surface area contributed by atoms with Gasteiger partial charge in [0.15, 0.2) is 9.84 Å². The van der Waals surface area contributed by atoms with Crippen molar-refractivity contribution in [3.63, 3.8) is 0 Å². The lowest BCUT2D eigenvalue weighted by Gasteiger charge is -2.09. The predicted molar refractivity (Wildman–Crippen MR) is 61.9 cm³/mol. The average molecular weight is 257 g/mol. The molecule has 1 unspecified atom stereocenters. The van der Waals surface area contributed by atoms with E-state index in [1.54, 1.807) is 17.0 Å². The second kappa shape index (κ2) is 4.48. The van der Waals surface area contributed by atoms with E-state index in [-0.39, 0.29) is 24.0 Å². The third-order valence-corrected chi connectivity index (χ3v) is 4.76. The van der Waals surface area contributed by atoms with Gasteiger partial charge in [-0.15, -0.1) is 0 Å². The molecule has 0 bridgehead atoms. The Morgan fingerprint density at radius 1 is 1.59 bits per heavy atom. The SMILES string of the molecule is NC(=O)Cn1ccnc1CC1CCS(=O)(=O)C1. The highest BCUT2D eigenvalue weighted by molar-refractivity contribution is 7.91. The van der Waals surface area contributed by atoms with Crippen LogP contribution in [-0.4, -0.2) is 35.4 Å². The fourth-order valence-corrected chi connectivity index (χ4v) is 3.99. The Kier molecular flexibility index (Phi) is 3.19. The molecular weight excluding hydrogens is 242 g/mol. The molecule has 2 N–H and O–H groups in total. The minimum Gasteiger partial charge on any atom is -0.368 e. The van der Waals surface area contributed by atoms with Gasteiger partial charge in [0.2, 0.25) is 5.91 Å². The number of carbonyl (C=O) groups is 1. The summed E-state index contributed by atoms with van der Waals surface area (Å²) in [6.45, 7) is 0.0921. The maximum Gasteiger partial charge on any atom is 0.237 e. The van der Waals surface area contributed by atoms with Crippen molar-refractivity contribution in [2.24, 2.45) is 11.7 Å². The van der Waals surface area contributed by atoms with E-state index in [1.807, 2.05) is 0 Å². The number of rotatable bonds is 4. The van der Waals surface area contributed by atoms with Crippen LogP contribution in [0.5, 0.6) is 0 Å². The first-order chi connectivity index (χ1) is 7.96. The van der Waals surface area contributed by atoms with Crippen LogP contribution in [0.3, 0.4) is 0 Å². The molecule has 1 aliphatic rings. The van der Waals surface area contributed by atoms with Gasteiger partial charge in [-0.25, -0.2) is 13.4 Å². The van der Waals surface area contributed by atoms with Gasteiger partial charge < -0.3 is 10.3 Å². The number of imidazole rings is 1. The average Bonchev–Trinajstić information content (AvgIpc) is 2.74. The number of hydrogen-bond donors (Lipinski definition) is 1. The van der Waals surface area contributed by atoms with Gasteiger partial charge in [-0.3, -0.25) is 4.79 Å². The summed E-state index contributed by atoms with van der Waals surface area (Å²) in [5.41, 5.74) is 5.12. The van der Waals surface area contributed by atoms with E-state index in [0.29, 0.717) is 12.8 Å². The number of nitrogens with zero attached hydrogens (tertiary/aromatic N) is 2. The summed E-state index contributed by atoms with van der Waals surface area (Å²) in [7, 11) is -2.86. The standard InChI is InChI=1S/C10H15N3O3S/c11-9(14)6-13-3-2-12-10(13)5-8-1-4-17(15,16)7-8/h2-3,8H,1,4-7H2,(H2,11,14). The van der Waals surface area contributed by atoms with Gasteiger partial charge in [0.1, 0.15) is 12.4 Å². The summed E-state index contributed by atoms with van der Waals surface area (Å²) < 4.78 is 24.3. The van der Waals surface area contributed by atoms with Crippen LogP contribution in [0.4, 0.5) is 0 Å². The lowest BCUT2D eigenvalue weighted by Crippen LogP contribution is -2.21. The van der Waals surface area contributed by atoms with Gasteiger partial charge in [-0.05, 0) is 12.3 Å². The molecule has 0 aromatic carbocycles. The Labute approximate surface area is 99.7 Å². The Bertz CT molecular complexity index is 521. The third-order valence-electron chi connectivity index (χ3n) is 2.93. The summed E-state index contributed by atoms with van der Waals surface area (Å²) in [5.74, 6) is 0.883. The molecule has 2 rings (SSSR count). The van der Waals surface area contributed by atoms with Crippen LogP contribution in [0.15, 0.2) is 12.4 Å². The Morgan fingerprint density at radius 3 is 2.94 bits per heavy atom. The lowest BCUT2D eigenvalue weighted by atomic mass is 10.1. The molecule has 1 atom stereocenters. The van der Waals surface area contributed by atoms with Crippen LogP contribution in [0.25, 0.3) is 0 Å². The molecule has 1 amide bonds. The van der Waals surface area contributed by atoms with Crippen LogP contribution in [0, 0.1) is 5.92 Å². The molecule has 0 spiro atoms. The number of hydrogen-bond acceptors (Lipinski definition) is 4. The topological polar surface area (TPSA) is 95.1 Å². The van der Waals surface area contributed by atoms with Gasteiger partial charge >= 0.3 is 0 Å². The predicted octanol–water partition coefficient (Wildman–Crippen LogP) is -0.654. The van der Waals surface area contributed by atoms with E-state index in [2.05, 4.69) is 4.98 Å². The molecule has 17 heavy (non-hydrogen) atoms. The summed E-state index contributed by atoms with van der Waals surface area (Å²) in [4.78, 5) is 15.0. The maximum atomic E-state index is 11.3. The molecule has 1 aromatic heterocycles. The van der Waals surface area contributed by atoms with Gasteiger partial charge in [0.05, 0.1) is 11.5 Å². The van der Waals surface area contributed by atoms with Crippen molar-refractivity contribution in [2.75, 3.05) is 11.5 Å². The van der Waals surface area contributed by atoms with E-state index in [4.69, 9.17) is 5.73 Å². The maximum absolute atomic E-state index is 11.3. The quantitative estimate of drug-likeness (QED) is 0.775. The van der Waals surface area contributed by atoms with Crippen molar-refractivity contribution in [1.82, 2.24) is 9.55 Å². The monoisotopic (exact) mass is 257 g/mol. The highest BCUT2D eigenvalue weighted by Crippen LogP contribution is 2.21. The fraction of sp³-hybridized carbons (Fsp3) is 0.600. The Morgan fingerprint density at radius 2 is 2.35 bits per heavy atom. The molecule has 2 heterocycles. The summed E-state index contributed by atoms with van der Waals surface area (Å²) in [6.07, 6.45) is 4.54. The van der Waals surface area contributed by atoms with Crippen LogP contribution >= 0.6 is 0 Å². The van der Waals surface area contributed by atoms with E-state index < -0.39 is 15.7 Å². The zero-order valence-electron chi connectivity index (χ0n) is 9.37. The zero-order valence-corrected chi connectivity index (χ0v) is 10.2. The van der Waals surface area contributed by atoms with Crippen molar-refractivity contribution < 1.29 is 13.2 Å². The van der Waals surface area contributed by atoms with Crippen LogP contribution in [0.1, 0.15) is 12.2 Å². The van der Waals surface area contributed by atoms with Gasteiger partial charge in [-0.2, -0.15) is 0 Å². The molecule has 1 aliphatic heterocycles. The van der Waals surface area contributed by atoms with Crippen LogP contribution in [0.2, 0.25) is 0 Å². The first-order valence-corrected chi connectivity index (χ1v) is 7.27. The van der Waals surface area contributed by atoms with E-state index in [1.165, 1.54) is 0 Å². The second-order valence-electron chi connectivity index (χ2n) is 4.41. The number of carbonyl (C=O) groups excluding carboxylic acids is 1. The molecule has 0 radical (unpaired) electrons. The van der Waals surface area contributed by atoms with Crippen molar-refractivity contribution >= 4 is 15.7 Å². The van der Waals surface area contributed by atoms with Crippen molar-refractivity contribution in [3.8, 4) is 0 Å². The lowest BCUT2D eigenvalue weighted by molar-refractivity contribution is -0.118. The summed E-state index contributed by atoms with van der Waals surface area (Å²) in [5, 5.41) is 0. The molecule has 94 valence electrons. The van der Waals surface area contributed by atoms with E-state index in [9.17, 15) is 13.2 Å². The second-order valence-corrected chi connectivity index (χ2v) is 6.64. The molecule has 1 fully saturated rings. The Hall–Kier alpha value is -1.37. The number of amides is 1. The molecule has 6 nitrogen and oxygen atoms in total. The third kappa shape index (κ3) is 3.06. The molecule has 1 saturated heterocycles. The van der Waals surface area contributed by atoms with Gasteiger partial charge in [0, 0.05) is 18.8 Å². The van der Waals surface area contributed by atoms with Gasteiger partial charge in [0.25, 0.3) is 0 Å². The molecular formula is C10H15N3O3S. The van der Waals surface area contributed by atoms with E-state index in [0.717, 1.165) is 5.82 Å². The highest BCUT2D eigenvalue weighted by Gasteiger charge is 2.28. The summed E-state index contributed by atoms with van der Waals surface area (Å²) >= 11 is 0. The highest BCUT2D eigenvalue weighted by atomic mass is 32.2. The number of aromatic nitrogens is 2. The molecule has 1 aromatic rings. The molecule has 0 saturated carbocycles. The normalized spacial score (nSPS) is 22.7. The van der Waals surface area contributed by atoms with E-state index >= 15 is 0 Å². The van der Waals surface area contributed by atoms with Gasteiger partial charge in [-0.1, -0.05) is 0 Å². The minimum absolute atomic E-state index is 0.0921. The zero-order chi connectivity index (χ0) is 12.5.